The molecule has 0 heterocycles. The molecule has 0 saturated heterocycles. The highest BCUT2D eigenvalue weighted by Gasteiger charge is 2.07. The molecule has 0 aliphatic heterocycles. The van der Waals surface area contributed by atoms with Crippen molar-refractivity contribution >= 4 is 23.2 Å². The Morgan fingerprint density at radius 2 is 1.81 bits per heavy atom. The smallest absolute Gasteiger partial charge is 0.251 e. The van der Waals surface area contributed by atoms with Crippen LogP contribution in [0.4, 0.5) is 11.4 Å². The number of anilines is 2. The Kier molecular flexibility index (Phi) is 4.56. The van der Waals surface area contributed by atoms with Crippen LogP contribution in [0.5, 0.6) is 0 Å². The number of carbonyl (C=O) groups is 2. The van der Waals surface area contributed by atoms with E-state index in [0.717, 1.165) is 5.56 Å². The SMILES string of the molecule is CNC(=O)c1cccc(NC(=O)Cc2ccc(N)cc2)c1. The normalized spacial score (nSPS) is 9.95. The molecule has 21 heavy (non-hydrogen) atoms. The van der Waals surface area contributed by atoms with Gasteiger partial charge in [-0.15, -0.1) is 0 Å². The molecule has 2 aromatic rings. The maximum atomic E-state index is 12.0. The summed E-state index contributed by atoms with van der Waals surface area (Å²) in [5.74, 6) is -0.335. The zero-order chi connectivity index (χ0) is 15.2. The summed E-state index contributed by atoms with van der Waals surface area (Å²) in [6.07, 6.45) is 0.254. The first-order chi connectivity index (χ1) is 10.1. The number of hydrogen-bond acceptors (Lipinski definition) is 3. The van der Waals surface area contributed by atoms with E-state index in [1.54, 1.807) is 43.4 Å². The van der Waals surface area contributed by atoms with E-state index >= 15 is 0 Å². The number of amides is 2. The molecule has 0 spiro atoms. The quantitative estimate of drug-likeness (QED) is 0.748. The van der Waals surface area contributed by atoms with E-state index in [-0.39, 0.29) is 18.2 Å². The Balaban J connectivity index is 2.02. The van der Waals surface area contributed by atoms with E-state index in [1.165, 1.54) is 0 Å². The molecule has 0 aromatic heterocycles. The van der Waals surface area contributed by atoms with Gasteiger partial charge in [0.05, 0.1) is 6.42 Å². The first kappa shape index (κ1) is 14.6. The molecule has 108 valence electrons. The number of benzene rings is 2. The van der Waals surface area contributed by atoms with Crippen molar-refractivity contribution in [1.82, 2.24) is 5.32 Å². The van der Waals surface area contributed by atoms with Crippen molar-refractivity contribution in [1.29, 1.82) is 0 Å². The average Bonchev–Trinajstić information content (AvgIpc) is 2.49. The minimum Gasteiger partial charge on any atom is -0.399 e. The molecule has 0 aliphatic rings. The molecule has 5 nitrogen and oxygen atoms in total. The molecule has 5 heteroatoms. The molecule has 0 fully saturated rings. The fourth-order valence-corrected chi connectivity index (χ4v) is 1.91. The summed E-state index contributed by atoms with van der Waals surface area (Å²) in [4.78, 5) is 23.5. The van der Waals surface area contributed by atoms with E-state index in [0.29, 0.717) is 16.9 Å². The van der Waals surface area contributed by atoms with Crippen LogP contribution in [0.25, 0.3) is 0 Å². The van der Waals surface area contributed by atoms with Gasteiger partial charge in [0.25, 0.3) is 5.91 Å². The van der Waals surface area contributed by atoms with E-state index in [1.807, 2.05) is 12.1 Å². The third-order valence-electron chi connectivity index (χ3n) is 2.98. The summed E-state index contributed by atoms with van der Waals surface area (Å²) in [5, 5.41) is 5.32. The summed E-state index contributed by atoms with van der Waals surface area (Å²) < 4.78 is 0. The van der Waals surface area contributed by atoms with E-state index < -0.39 is 0 Å². The largest absolute Gasteiger partial charge is 0.399 e. The summed E-state index contributed by atoms with van der Waals surface area (Å²) in [6.45, 7) is 0. The van der Waals surface area contributed by atoms with Gasteiger partial charge in [-0.2, -0.15) is 0 Å². The lowest BCUT2D eigenvalue weighted by molar-refractivity contribution is -0.115. The fraction of sp³-hybridized carbons (Fsp3) is 0.125. The maximum Gasteiger partial charge on any atom is 0.251 e. The third-order valence-corrected chi connectivity index (χ3v) is 2.98. The predicted octanol–water partition coefficient (Wildman–Crippen LogP) is 1.81. The molecule has 0 saturated carbocycles. The Hall–Kier alpha value is -2.82. The van der Waals surface area contributed by atoms with Gasteiger partial charge in [0.1, 0.15) is 0 Å². The lowest BCUT2D eigenvalue weighted by Crippen LogP contribution is -2.19. The van der Waals surface area contributed by atoms with Gasteiger partial charge in [0, 0.05) is 24.0 Å². The molecule has 0 radical (unpaired) electrons. The van der Waals surface area contributed by atoms with Crippen LogP contribution in [-0.4, -0.2) is 18.9 Å². The molecule has 0 aliphatic carbocycles. The van der Waals surface area contributed by atoms with Crippen molar-refractivity contribution in [3.63, 3.8) is 0 Å². The van der Waals surface area contributed by atoms with E-state index in [2.05, 4.69) is 10.6 Å². The lowest BCUT2D eigenvalue weighted by Gasteiger charge is -2.07. The average molecular weight is 283 g/mol. The molecular formula is C16H17N3O2. The second-order valence-corrected chi connectivity index (χ2v) is 4.63. The first-order valence-electron chi connectivity index (χ1n) is 6.55. The minimum atomic E-state index is -0.190. The number of rotatable bonds is 4. The van der Waals surface area contributed by atoms with Gasteiger partial charge in [-0.3, -0.25) is 9.59 Å². The number of carbonyl (C=O) groups excluding carboxylic acids is 2. The van der Waals surface area contributed by atoms with E-state index in [4.69, 9.17) is 5.73 Å². The van der Waals surface area contributed by atoms with Crippen molar-refractivity contribution in [3.8, 4) is 0 Å². The van der Waals surface area contributed by atoms with Gasteiger partial charge in [-0.25, -0.2) is 0 Å². The number of hydrogen-bond donors (Lipinski definition) is 3. The van der Waals surface area contributed by atoms with Gasteiger partial charge in [-0.05, 0) is 35.9 Å². The Labute approximate surface area is 123 Å². The van der Waals surface area contributed by atoms with Crippen molar-refractivity contribution in [2.24, 2.45) is 0 Å². The van der Waals surface area contributed by atoms with Crippen molar-refractivity contribution in [3.05, 3.63) is 59.7 Å². The van der Waals surface area contributed by atoms with Gasteiger partial charge in [0.2, 0.25) is 5.91 Å². The molecule has 0 atom stereocenters. The highest BCUT2D eigenvalue weighted by Crippen LogP contribution is 2.12. The van der Waals surface area contributed by atoms with Crippen LogP contribution < -0.4 is 16.4 Å². The van der Waals surface area contributed by atoms with Crippen molar-refractivity contribution < 1.29 is 9.59 Å². The lowest BCUT2D eigenvalue weighted by atomic mass is 10.1. The van der Waals surface area contributed by atoms with Crippen LogP contribution in [0, 0.1) is 0 Å². The maximum absolute atomic E-state index is 12.0. The molecule has 0 bridgehead atoms. The second-order valence-electron chi connectivity index (χ2n) is 4.63. The molecule has 2 amide bonds. The van der Waals surface area contributed by atoms with Crippen LogP contribution in [-0.2, 0) is 11.2 Å². The van der Waals surface area contributed by atoms with Crippen LogP contribution in [0.2, 0.25) is 0 Å². The fourth-order valence-electron chi connectivity index (χ4n) is 1.91. The Morgan fingerprint density at radius 1 is 1.10 bits per heavy atom. The molecule has 4 N–H and O–H groups in total. The number of nitrogens with one attached hydrogen (secondary N) is 2. The monoisotopic (exact) mass is 283 g/mol. The van der Waals surface area contributed by atoms with Crippen molar-refractivity contribution in [2.45, 2.75) is 6.42 Å². The van der Waals surface area contributed by atoms with Crippen LogP contribution in [0.3, 0.4) is 0 Å². The summed E-state index contributed by atoms with van der Waals surface area (Å²) in [5.41, 5.74) is 8.24. The highest BCUT2D eigenvalue weighted by molar-refractivity contribution is 5.97. The molecule has 2 rings (SSSR count). The van der Waals surface area contributed by atoms with Crippen LogP contribution in [0.1, 0.15) is 15.9 Å². The van der Waals surface area contributed by atoms with Gasteiger partial charge in [-0.1, -0.05) is 18.2 Å². The van der Waals surface area contributed by atoms with Crippen molar-refractivity contribution in [2.75, 3.05) is 18.1 Å². The Morgan fingerprint density at radius 3 is 2.48 bits per heavy atom. The summed E-state index contributed by atoms with van der Waals surface area (Å²) in [6, 6.07) is 13.9. The molecule has 0 unspecified atom stereocenters. The number of nitrogen functional groups attached to an aromatic ring is 1. The standard InChI is InChI=1S/C16H17N3O2/c1-18-16(21)12-3-2-4-14(10-12)19-15(20)9-11-5-7-13(17)8-6-11/h2-8,10H,9,17H2,1H3,(H,18,21)(H,19,20). The predicted molar refractivity (Wildman–Crippen MR) is 83.0 cm³/mol. The van der Waals surface area contributed by atoms with Crippen LogP contribution in [0.15, 0.2) is 48.5 Å². The summed E-state index contributed by atoms with van der Waals surface area (Å²) in [7, 11) is 1.56. The van der Waals surface area contributed by atoms with Gasteiger partial charge < -0.3 is 16.4 Å². The topological polar surface area (TPSA) is 84.2 Å². The summed E-state index contributed by atoms with van der Waals surface area (Å²) >= 11 is 0. The number of nitrogens with two attached hydrogens (primary N) is 1. The third kappa shape index (κ3) is 4.07. The van der Waals surface area contributed by atoms with E-state index in [9.17, 15) is 9.59 Å². The van der Waals surface area contributed by atoms with Crippen LogP contribution >= 0.6 is 0 Å². The van der Waals surface area contributed by atoms with Gasteiger partial charge in [0.15, 0.2) is 0 Å². The van der Waals surface area contributed by atoms with Gasteiger partial charge >= 0.3 is 0 Å². The Bertz CT molecular complexity index is 651. The molecular weight excluding hydrogens is 266 g/mol. The zero-order valence-corrected chi connectivity index (χ0v) is 11.7. The zero-order valence-electron chi connectivity index (χ0n) is 11.7. The highest BCUT2D eigenvalue weighted by atomic mass is 16.2. The molecule has 2 aromatic carbocycles. The minimum absolute atomic E-state index is 0.145. The second kappa shape index (κ2) is 6.56. The first-order valence-corrected chi connectivity index (χ1v) is 6.55.